The molecular formula is C16H28N4O2. The number of likely N-dealkylation sites (tertiary alicyclic amines) is 2. The minimum atomic E-state index is 0.391. The summed E-state index contributed by atoms with van der Waals surface area (Å²) in [6, 6.07) is 0.579. The molecule has 3 rings (SSSR count). The van der Waals surface area contributed by atoms with Crippen molar-refractivity contribution in [3.05, 3.63) is 18.0 Å². The molecule has 0 amide bonds. The highest BCUT2D eigenvalue weighted by Gasteiger charge is 2.44. The quantitative estimate of drug-likeness (QED) is 0.769. The molecule has 2 aliphatic heterocycles. The number of aryl methyl sites for hydroxylation is 1. The first-order chi connectivity index (χ1) is 10.7. The van der Waals surface area contributed by atoms with Crippen LogP contribution in [0.5, 0.6) is 0 Å². The van der Waals surface area contributed by atoms with Crippen molar-refractivity contribution in [2.24, 2.45) is 13.0 Å². The normalized spacial score (nSPS) is 29.9. The number of ether oxygens (including phenoxy) is 2. The van der Waals surface area contributed by atoms with Crippen LogP contribution in [0.1, 0.15) is 12.0 Å². The first-order valence-corrected chi connectivity index (χ1v) is 8.17. The van der Waals surface area contributed by atoms with Crippen LogP contribution in [0.25, 0.3) is 0 Å². The van der Waals surface area contributed by atoms with Crippen LogP contribution in [0.2, 0.25) is 0 Å². The van der Waals surface area contributed by atoms with E-state index in [2.05, 4.69) is 21.1 Å². The van der Waals surface area contributed by atoms with E-state index in [1.807, 2.05) is 25.0 Å². The van der Waals surface area contributed by atoms with Gasteiger partial charge in [0.15, 0.2) is 0 Å². The third-order valence-electron chi connectivity index (χ3n) is 5.11. The molecular weight excluding hydrogens is 280 g/mol. The van der Waals surface area contributed by atoms with Crippen LogP contribution in [0, 0.1) is 5.92 Å². The second kappa shape index (κ2) is 7.08. The lowest BCUT2D eigenvalue weighted by Crippen LogP contribution is -2.50. The van der Waals surface area contributed by atoms with Crippen molar-refractivity contribution in [3.8, 4) is 0 Å². The van der Waals surface area contributed by atoms with Crippen LogP contribution in [0.4, 0.5) is 0 Å². The highest BCUT2D eigenvalue weighted by Crippen LogP contribution is 2.33. The summed E-state index contributed by atoms with van der Waals surface area (Å²) < 4.78 is 12.9. The maximum atomic E-state index is 5.76. The fourth-order valence-corrected chi connectivity index (χ4v) is 4.00. The Morgan fingerprint density at radius 3 is 2.86 bits per heavy atom. The second-order valence-corrected chi connectivity index (χ2v) is 6.54. The van der Waals surface area contributed by atoms with Crippen LogP contribution >= 0.6 is 0 Å². The van der Waals surface area contributed by atoms with E-state index in [4.69, 9.17) is 9.47 Å². The zero-order chi connectivity index (χ0) is 15.5. The molecule has 0 radical (unpaired) electrons. The van der Waals surface area contributed by atoms with Gasteiger partial charge in [-0.15, -0.1) is 0 Å². The van der Waals surface area contributed by atoms with Gasteiger partial charge in [-0.2, -0.15) is 5.10 Å². The van der Waals surface area contributed by atoms with Gasteiger partial charge in [-0.25, -0.2) is 0 Å². The Labute approximate surface area is 133 Å². The molecule has 0 bridgehead atoms. The van der Waals surface area contributed by atoms with Gasteiger partial charge in [0.2, 0.25) is 0 Å². The monoisotopic (exact) mass is 308 g/mol. The molecule has 124 valence electrons. The van der Waals surface area contributed by atoms with Gasteiger partial charge in [-0.1, -0.05) is 0 Å². The second-order valence-electron chi connectivity index (χ2n) is 6.54. The smallest absolute Gasteiger partial charge is 0.0639 e. The van der Waals surface area contributed by atoms with Crippen molar-refractivity contribution in [3.63, 3.8) is 0 Å². The molecule has 22 heavy (non-hydrogen) atoms. The highest BCUT2D eigenvalue weighted by atomic mass is 16.5. The Morgan fingerprint density at radius 1 is 1.32 bits per heavy atom. The fourth-order valence-electron chi connectivity index (χ4n) is 4.00. The molecule has 3 heterocycles. The van der Waals surface area contributed by atoms with Gasteiger partial charge in [0.05, 0.1) is 18.9 Å². The van der Waals surface area contributed by atoms with E-state index in [0.29, 0.717) is 18.1 Å². The summed E-state index contributed by atoms with van der Waals surface area (Å²) in [5.74, 6) is 0.604. The number of methoxy groups -OCH3 is 2. The highest BCUT2D eigenvalue weighted by molar-refractivity contribution is 5.06. The maximum Gasteiger partial charge on any atom is 0.0639 e. The molecule has 0 N–H and O–H groups in total. The Balaban J connectivity index is 1.67. The largest absolute Gasteiger partial charge is 0.383 e. The molecule has 1 aromatic rings. The number of aromatic nitrogens is 2. The number of rotatable bonds is 6. The number of fused-ring (bicyclic) bond motifs is 1. The average molecular weight is 308 g/mol. The predicted molar refractivity (Wildman–Crippen MR) is 84.6 cm³/mol. The number of nitrogens with zero attached hydrogens (tertiary/aromatic N) is 4. The van der Waals surface area contributed by atoms with E-state index in [1.165, 1.54) is 5.56 Å². The Bertz CT molecular complexity index is 478. The molecule has 0 saturated carbocycles. The lowest BCUT2D eigenvalue weighted by molar-refractivity contribution is -0.0245. The third-order valence-corrected chi connectivity index (χ3v) is 5.11. The molecule has 6 heteroatoms. The van der Waals surface area contributed by atoms with Gasteiger partial charge in [-0.05, 0) is 6.42 Å². The van der Waals surface area contributed by atoms with Crippen molar-refractivity contribution in [1.29, 1.82) is 0 Å². The minimum absolute atomic E-state index is 0.391. The molecule has 0 spiro atoms. The van der Waals surface area contributed by atoms with Gasteiger partial charge < -0.3 is 9.47 Å². The molecule has 3 atom stereocenters. The SMILES string of the molecule is COCCN1C[C@@H]2[C@@H](OC)CCN(Cc3cnn(C)c3)[C@@H]2C1. The van der Waals surface area contributed by atoms with Crippen LogP contribution in [-0.2, 0) is 23.1 Å². The van der Waals surface area contributed by atoms with Gasteiger partial charge in [-0.3, -0.25) is 14.5 Å². The van der Waals surface area contributed by atoms with Crippen molar-refractivity contribution in [1.82, 2.24) is 19.6 Å². The first-order valence-electron chi connectivity index (χ1n) is 8.17. The zero-order valence-corrected chi connectivity index (χ0v) is 13.9. The summed E-state index contributed by atoms with van der Waals surface area (Å²) in [5, 5.41) is 4.29. The molecule has 0 aromatic carbocycles. The van der Waals surface area contributed by atoms with Gasteiger partial charge in [0.1, 0.15) is 0 Å². The van der Waals surface area contributed by atoms with Crippen LogP contribution < -0.4 is 0 Å². The summed E-state index contributed by atoms with van der Waals surface area (Å²) in [6.07, 6.45) is 5.61. The van der Waals surface area contributed by atoms with E-state index in [9.17, 15) is 0 Å². The summed E-state index contributed by atoms with van der Waals surface area (Å²) in [6.45, 7) is 6.15. The Kier molecular flexibility index (Phi) is 5.13. The van der Waals surface area contributed by atoms with Crippen molar-refractivity contribution in [2.45, 2.75) is 25.1 Å². The molecule has 0 aliphatic carbocycles. The van der Waals surface area contributed by atoms with Crippen LogP contribution in [-0.4, -0.2) is 78.7 Å². The summed E-state index contributed by atoms with van der Waals surface area (Å²) in [5.41, 5.74) is 1.30. The maximum absolute atomic E-state index is 5.76. The van der Waals surface area contributed by atoms with E-state index >= 15 is 0 Å². The third kappa shape index (κ3) is 3.35. The molecule has 2 fully saturated rings. The average Bonchev–Trinajstić information content (AvgIpc) is 3.12. The summed E-state index contributed by atoms with van der Waals surface area (Å²) >= 11 is 0. The van der Waals surface area contributed by atoms with E-state index in [1.54, 1.807) is 7.11 Å². The molecule has 0 unspecified atom stereocenters. The molecule has 2 aliphatic rings. The number of hydrogen-bond donors (Lipinski definition) is 0. The first kappa shape index (κ1) is 15.9. The number of hydrogen-bond acceptors (Lipinski definition) is 5. The van der Waals surface area contributed by atoms with Gasteiger partial charge in [0.25, 0.3) is 0 Å². The molecule has 1 aromatic heterocycles. The van der Waals surface area contributed by atoms with Crippen molar-refractivity contribution in [2.75, 3.05) is 47.0 Å². The van der Waals surface area contributed by atoms with Crippen molar-refractivity contribution < 1.29 is 9.47 Å². The Morgan fingerprint density at radius 2 is 2.18 bits per heavy atom. The van der Waals surface area contributed by atoms with E-state index in [0.717, 1.165) is 45.8 Å². The van der Waals surface area contributed by atoms with E-state index < -0.39 is 0 Å². The Hall–Kier alpha value is -0.950. The van der Waals surface area contributed by atoms with E-state index in [-0.39, 0.29) is 0 Å². The zero-order valence-electron chi connectivity index (χ0n) is 13.9. The summed E-state index contributed by atoms with van der Waals surface area (Å²) in [4.78, 5) is 5.14. The lowest BCUT2D eigenvalue weighted by atomic mass is 9.89. The standard InChI is InChI=1S/C16H28N4O2/c1-18-9-13(8-17-18)10-20-5-4-16(22-3)14-11-19(6-7-21-2)12-15(14)20/h8-9,14-16H,4-7,10-12H2,1-3H3/t14-,15+,16-/m0/s1. The minimum Gasteiger partial charge on any atom is -0.383 e. The lowest BCUT2D eigenvalue weighted by Gasteiger charge is -2.41. The van der Waals surface area contributed by atoms with Crippen molar-refractivity contribution >= 4 is 0 Å². The van der Waals surface area contributed by atoms with Gasteiger partial charge in [0, 0.05) is 77.7 Å². The molecule has 2 saturated heterocycles. The predicted octanol–water partition coefficient (Wildman–Crippen LogP) is 0.588. The molecule has 6 nitrogen and oxygen atoms in total. The van der Waals surface area contributed by atoms with Gasteiger partial charge >= 0.3 is 0 Å². The summed E-state index contributed by atoms with van der Waals surface area (Å²) in [7, 11) is 5.61. The number of piperidine rings is 1. The fraction of sp³-hybridized carbons (Fsp3) is 0.812. The van der Waals surface area contributed by atoms with Crippen LogP contribution in [0.3, 0.4) is 0 Å². The topological polar surface area (TPSA) is 42.8 Å². The van der Waals surface area contributed by atoms with Crippen LogP contribution in [0.15, 0.2) is 12.4 Å².